The Morgan fingerprint density at radius 1 is 1.13 bits per heavy atom. The van der Waals surface area contributed by atoms with Gasteiger partial charge in [-0.05, 0) is 63.5 Å². The number of hydrogen-bond donors (Lipinski definition) is 1. The van der Waals surface area contributed by atoms with E-state index in [2.05, 4.69) is 9.47 Å². The van der Waals surface area contributed by atoms with Crippen LogP contribution in [0.3, 0.4) is 0 Å². The van der Waals surface area contributed by atoms with Crippen molar-refractivity contribution in [3.8, 4) is 0 Å². The summed E-state index contributed by atoms with van der Waals surface area (Å²) in [6.07, 6.45) is 3.38. The van der Waals surface area contributed by atoms with Gasteiger partial charge in [-0.3, -0.25) is 0 Å². The SMILES string of the molecule is Cc1c(C)n(CC(O)CN2CCCCC2)c2ccc(F)cc12.Cl. The largest absolute Gasteiger partial charge is 0.390 e. The number of piperidine rings is 1. The van der Waals surface area contributed by atoms with Crippen molar-refractivity contribution in [2.45, 2.75) is 45.8 Å². The van der Waals surface area contributed by atoms with E-state index < -0.39 is 6.10 Å². The number of aromatic nitrogens is 1. The van der Waals surface area contributed by atoms with Crippen LogP contribution < -0.4 is 0 Å². The first kappa shape index (κ1) is 18.2. The zero-order valence-corrected chi connectivity index (χ0v) is 14.7. The lowest BCUT2D eigenvalue weighted by atomic mass is 10.1. The Bertz CT molecular complexity index is 665. The molecule has 0 radical (unpaired) electrons. The average Bonchev–Trinajstić information content (AvgIpc) is 2.73. The van der Waals surface area contributed by atoms with Gasteiger partial charge in [-0.15, -0.1) is 12.4 Å². The summed E-state index contributed by atoms with van der Waals surface area (Å²) in [4.78, 5) is 2.35. The number of hydrogen-bond acceptors (Lipinski definition) is 2. The number of halogens is 2. The van der Waals surface area contributed by atoms with Gasteiger partial charge < -0.3 is 14.6 Å². The molecule has 1 aliphatic heterocycles. The Morgan fingerprint density at radius 2 is 1.83 bits per heavy atom. The lowest BCUT2D eigenvalue weighted by Gasteiger charge is -2.28. The van der Waals surface area contributed by atoms with E-state index in [-0.39, 0.29) is 18.2 Å². The third kappa shape index (κ3) is 3.87. The molecule has 1 atom stereocenters. The van der Waals surface area contributed by atoms with Crippen molar-refractivity contribution in [2.24, 2.45) is 0 Å². The van der Waals surface area contributed by atoms with Gasteiger partial charge in [0.2, 0.25) is 0 Å². The van der Waals surface area contributed by atoms with Crippen molar-refractivity contribution < 1.29 is 9.50 Å². The Kier molecular flexibility index (Phi) is 6.06. The molecule has 0 spiro atoms. The number of aliphatic hydroxyl groups is 1. The number of likely N-dealkylation sites (tertiary alicyclic amines) is 1. The van der Waals surface area contributed by atoms with Gasteiger partial charge in [-0.2, -0.15) is 0 Å². The molecule has 2 aromatic rings. The molecule has 0 bridgehead atoms. The van der Waals surface area contributed by atoms with Crippen LogP contribution in [-0.2, 0) is 6.54 Å². The zero-order chi connectivity index (χ0) is 15.7. The minimum Gasteiger partial charge on any atom is -0.390 e. The summed E-state index contributed by atoms with van der Waals surface area (Å²) < 4.78 is 15.6. The van der Waals surface area contributed by atoms with Crippen LogP contribution in [0.5, 0.6) is 0 Å². The lowest BCUT2D eigenvalue weighted by molar-refractivity contribution is 0.0888. The van der Waals surface area contributed by atoms with Crippen LogP contribution in [0.4, 0.5) is 4.39 Å². The zero-order valence-electron chi connectivity index (χ0n) is 13.9. The molecule has 1 aliphatic rings. The van der Waals surface area contributed by atoms with Crippen molar-refractivity contribution in [1.82, 2.24) is 9.47 Å². The van der Waals surface area contributed by atoms with E-state index in [9.17, 15) is 9.50 Å². The van der Waals surface area contributed by atoms with E-state index in [0.29, 0.717) is 6.54 Å². The third-order valence-electron chi connectivity index (χ3n) is 4.91. The Hall–Kier alpha value is -1.10. The summed E-state index contributed by atoms with van der Waals surface area (Å²) in [7, 11) is 0. The van der Waals surface area contributed by atoms with E-state index in [1.807, 2.05) is 19.9 Å². The number of aryl methyl sites for hydroxylation is 1. The summed E-state index contributed by atoms with van der Waals surface area (Å²) in [5, 5.41) is 11.4. The number of nitrogens with zero attached hydrogens (tertiary/aromatic N) is 2. The summed E-state index contributed by atoms with van der Waals surface area (Å²) >= 11 is 0. The number of fused-ring (bicyclic) bond motifs is 1. The minimum absolute atomic E-state index is 0. The van der Waals surface area contributed by atoms with Gasteiger partial charge in [-0.25, -0.2) is 4.39 Å². The quantitative estimate of drug-likeness (QED) is 0.920. The second-order valence-electron chi connectivity index (χ2n) is 6.50. The second kappa shape index (κ2) is 7.65. The molecule has 23 heavy (non-hydrogen) atoms. The smallest absolute Gasteiger partial charge is 0.123 e. The molecule has 0 amide bonds. The molecule has 0 saturated carbocycles. The fourth-order valence-electron chi connectivity index (χ4n) is 3.57. The highest BCUT2D eigenvalue weighted by Crippen LogP contribution is 2.26. The lowest BCUT2D eigenvalue weighted by Crippen LogP contribution is -2.38. The highest BCUT2D eigenvalue weighted by molar-refractivity contribution is 5.85. The van der Waals surface area contributed by atoms with Crippen molar-refractivity contribution in [3.05, 3.63) is 35.3 Å². The summed E-state index contributed by atoms with van der Waals surface area (Å²) in [5.74, 6) is -0.207. The van der Waals surface area contributed by atoms with Crippen LogP contribution >= 0.6 is 12.4 Å². The molecular formula is C18H26ClFN2O. The number of β-amino-alcohol motifs (C(OH)–C–C–N with tert-alkyl or cyclic N) is 1. The maximum Gasteiger partial charge on any atom is 0.123 e. The van der Waals surface area contributed by atoms with Crippen LogP contribution in [0.2, 0.25) is 0 Å². The first-order chi connectivity index (χ1) is 10.6. The minimum atomic E-state index is -0.392. The fourth-order valence-corrected chi connectivity index (χ4v) is 3.57. The molecule has 3 nitrogen and oxygen atoms in total. The predicted octanol–water partition coefficient (Wildman–Crippen LogP) is 3.67. The van der Waals surface area contributed by atoms with E-state index in [0.717, 1.165) is 41.8 Å². The maximum atomic E-state index is 13.5. The molecule has 128 valence electrons. The molecule has 1 aromatic carbocycles. The number of benzene rings is 1. The van der Waals surface area contributed by atoms with Crippen LogP contribution in [0.15, 0.2) is 18.2 Å². The molecular weight excluding hydrogens is 315 g/mol. The molecule has 3 rings (SSSR count). The van der Waals surface area contributed by atoms with Gasteiger partial charge in [0.15, 0.2) is 0 Å². The van der Waals surface area contributed by atoms with Crippen LogP contribution in [0, 0.1) is 19.7 Å². The van der Waals surface area contributed by atoms with Crippen molar-refractivity contribution >= 4 is 23.3 Å². The average molecular weight is 341 g/mol. The predicted molar refractivity (Wildman–Crippen MR) is 94.9 cm³/mol. The molecule has 1 aromatic heterocycles. The number of rotatable bonds is 4. The van der Waals surface area contributed by atoms with Gasteiger partial charge in [-0.1, -0.05) is 6.42 Å². The van der Waals surface area contributed by atoms with Gasteiger partial charge >= 0.3 is 0 Å². The molecule has 5 heteroatoms. The standard InChI is InChI=1S/C18H25FN2O.ClH/c1-13-14(2)21(18-7-6-15(19)10-17(13)18)12-16(22)11-20-8-4-3-5-9-20;/h6-7,10,16,22H,3-5,8-9,11-12H2,1-2H3;1H. The normalized spacial score (nSPS) is 17.2. The first-order valence-corrected chi connectivity index (χ1v) is 8.21. The van der Waals surface area contributed by atoms with E-state index in [1.165, 1.54) is 25.3 Å². The number of aliphatic hydroxyl groups excluding tert-OH is 1. The van der Waals surface area contributed by atoms with Gasteiger partial charge in [0, 0.05) is 23.1 Å². The van der Waals surface area contributed by atoms with E-state index in [1.54, 1.807) is 6.07 Å². The van der Waals surface area contributed by atoms with E-state index >= 15 is 0 Å². The van der Waals surface area contributed by atoms with Crippen molar-refractivity contribution in [3.63, 3.8) is 0 Å². The topological polar surface area (TPSA) is 28.4 Å². The van der Waals surface area contributed by atoms with Gasteiger partial charge in [0.1, 0.15) is 5.82 Å². The van der Waals surface area contributed by atoms with Crippen LogP contribution in [0.1, 0.15) is 30.5 Å². The van der Waals surface area contributed by atoms with Crippen molar-refractivity contribution in [1.29, 1.82) is 0 Å². The Labute approximate surface area is 143 Å². The summed E-state index contributed by atoms with van der Waals surface area (Å²) in [5.41, 5.74) is 3.21. The first-order valence-electron chi connectivity index (χ1n) is 8.21. The van der Waals surface area contributed by atoms with Crippen LogP contribution in [0.25, 0.3) is 10.9 Å². The molecule has 1 unspecified atom stereocenters. The molecule has 1 saturated heterocycles. The molecule has 1 N–H and O–H groups in total. The maximum absolute atomic E-state index is 13.5. The second-order valence-corrected chi connectivity index (χ2v) is 6.50. The Balaban J connectivity index is 0.00000192. The Morgan fingerprint density at radius 3 is 2.52 bits per heavy atom. The highest BCUT2D eigenvalue weighted by atomic mass is 35.5. The molecule has 2 heterocycles. The van der Waals surface area contributed by atoms with Gasteiger partial charge in [0.05, 0.1) is 12.6 Å². The molecule has 0 aliphatic carbocycles. The highest BCUT2D eigenvalue weighted by Gasteiger charge is 2.18. The fraction of sp³-hybridized carbons (Fsp3) is 0.556. The van der Waals surface area contributed by atoms with Crippen LogP contribution in [-0.4, -0.2) is 40.3 Å². The molecule has 1 fully saturated rings. The van der Waals surface area contributed by atoms with Crippen molar-refractivity contribution in [2.75, 3.05) is 19.6 Å². The van der Waals surface area contributed by atoms with Gasteiger partial charge in [0.25, 0.3) is 0 Å². The monoisotopic (exact) mass is 340 g/mol. The summed E-state index contributed by atoms with van der Waals surface area (Å²) in [6, 6.07) is 4.90. The third-order valence-corrected chi connectivity index (χ3v) is 4.91. The summed E-state index contributed by atoms with van der Waals surface area (Å²) in [6.45, 7) is 7.53. The van der Waals surface area contributed by atoms with E-state index in [4.69, 9.17) is 0 Å².